The Labute approximate surface area is 160 Å². The number of rotatable bonds is 1. The molecule has 0 amide bonds. The van der Waals surface area contributed by atoms with Gasteiger partial charge in [0.1, 0.15) is 0 Å². The van der Waals surface area contributed by atoms with Crippen LogP contribution < -0.4 is 0 Å². The summed E-state index contributed by atoms with van der Waals surface area (Å²) in [6.07, 6.45) is 5.37. The summed E-state index contributed by atoms with van der Waals surface area (Å²) in [5.41, 5.74) is 2.33. The molecule has 2 aromatic carbocycles. The SMILES string of the molecule is CC1CCC(C2COC3(OC2)c2ccccc2Sc2ccccc23)CC1. The lowest BCUT2D eigenvalue weighted by Crippen LogP contribution is -2.46. The van der Waals surface area contributed by atoms with E-state index < -0.39 is 5.79 Å². The van der Waals surface area contributed by atoms with E-state index in [2.05, 4.69) is 55.5 Å². The van der Waals surface area contributed by atoms with Crippen LogP contribution in [0.5, 0.6) is 0 Å². The highest BCUT2D eigenvalue weighted by atomic mass is 32.2. The van der Waals surface area contributed by atoms with E-state index in [1.807, 2.05) is 11.8 Å². The van der Waals surface area contributed by atoms with E-state index in [0.29, 0.717) is 5.92 Å². The number of ether oxygens (including phenoxy) is 2. The fourth-order valence-corrected chi connectivity index (χ4v) is 5.95. The van der Waals surface area contributed by atoms with Crippen LogP contribution in [0.2, 0.25) is 0 Å². The molecule has 2 heterocycles. The van der Waals surface area contributed by atoms with Gasteiger partial charge in [0, 0.05) is 26.8 Å². The van der Waals surface area contributed by atoms with Gasteiger partial charge in [-0.1, -0.05) is 67.9 Å². The van der Waals surface area contributed by atoms with Crippen molar-refractivity contribution in [3.63, 3.8) is 0 Å². The first-order chi connectivity index (χ1) is 12.8. The smallest absolute Gasteiger partial charge is 0.224 e. The highest BCUT2D eigenvalue weighted by molar-refractivity contribution is 7.99. The maximum Gasteiger partial charge on any atom is 0.224 e. The van der Waals surface area contributed by atoms with Gasteiger partial charge >= 0.3 is 0 Å². The van der Waals surface area contributed by atoms with E-state index in [1.165, 1.54) is 46.6 Å². The Kier molecular flexibility index (Phi) is 4.35. The third-order valence-electron chi connectivity index (χ3n) is 6.43. The average molecular weight is 367 g/mol. The summed E-state index contributed by atoms with van der Waals surface area (Å²) in [6.45, 7) is 3.98. The number of fused-ring (bicyclic) bond motifs is 4. The molecule has 1 aliphatic carbocycles. The summed E-state index contributed by atoms with van der Waals surface area (Å²) in [6, 6.07) is 17.1. The van der Waals surface area contributed by atoms with Crippen molar-refractivity contribution in [1.82, 2.24) is 0 Å². The van der Waals surface area contributed by atoms with Crippen molar-refractivity contribution in [2.75, 3.05) is 13.2 Å². The van der Waals surface area contributed by atoms with E-state index in [4.69, 9.17) is 9.47 Å². The second-order valence-corrected chi connectivity index (χ2v) is 9.20. The lowest BCUT2D eigenvalue weighted by atomic mass is 9.76. The number of hydrogen-bond donors (Lipinski definition) is 0. The third kappa shape index (κ3) is 2.72. The highest BCUT2D eigenvalue weighted by Gasteiger charge is 2.47. The molecule has 0 atom stereocenters. The minimum absolute atomic E-state index is 0.530. The molecule has 0 N–H and O–H groups in total. The van der Waals surface area contributed by atoms with Crippen molar-refractivity contribution < 1.29 is 9.47 Å². The van der Waals surface area contributed by atoms with Gasteiger partial charge in [0.2, 0.25) is 5.79 Å². The minimum atomic E-state index is -0.725. The molecule has 2 fully saturated rings. The summed E-state index contributed by atoms with van der Waals surface area (Å²) in [5.74, 6) is 1.45. The van der Waals surface area contributed by atoms with Gasteiger partial charge in [-0.15, -0.1) is 0 Å². The van der Waals surface area contributed by atoms with Crippen LogP contribution in [0.4, 0.5) is 0 Å². The maximum atomic E-state index is 6.62. The Morgan fingerprint density at radius 2 is 1.31 bits per heavy atom. The average Bonchev–Trinajstić information content (AvgIpc) is 2.70. The van der Waals surface area contributed by atoms with Gasteiger partial charge < -0.3 is 9.47 Å². The van der Waals surface area contributed by atoms with Crippen LogP contribution in [0, 0.1) is 17.8 Å². The molecule has 0 unspecified atom stereocenters. The molecule has 2 aromatic rings. The van der Waals surface area contributed by atoms with E-state index >= 15 is 0 Å². The third-order valence-corrected chi connectivity index (χ3v) is 7.58. The number of hydrogen-bond acceptors (Lipinski definition) is 3. The normalized spacial score (nSPS) is 27.7. The molecule has 0 radical (unpaired) electrons. The maximum absolute atomic E-state index is 6.62. The van der Waals surface area contributed by atoms with E-state index in [9.17, 15) is 0 Å². The molecule has 26 heavy (non-hydrogen) atoms. The van der Waals surface area contributed by atoms with Crippen molar-refractivity contribution in [3.8, 4) is 0 Å². The molecule has 3 heteroatoms. The monoisotopic (exact) mass is 366 g/mol. The fraction of sp³-hybridized carbons (Fsp3) is 0.478. The first kappa shape index (κ1) is 16.9. The zero-order valence-corrected chi connectivity index (χ0v) is 16.1. The summed E-state index contributed by atoms with van der Waals surface area (Å²) < 4.78 is 13.2. The highest BCUT2D eigenvalue weighted by Crippen LogP contribution is 2.52. The Morgan fingerprint density at radius 1 is 0.769 bits per heavy atom. The van der Waals surface area contributed by atoms with Gasteiger partial charge in [-0.25, -0.2) is 0 Å². The molecule has 3 aliphatic rings. The van der Waals surface area contributed by atoms with Crippen LogP contribution in [0.3, 0.4) is 0 Å². The van der Waals surface area contributed by atoms with Crippen LogP contribution in [0.25, 0.3) is 0 Å². The van der Waals surface area contributed by atoms with Crippen LogP contribution >= 0.6 is 11.8 Å². The summed E-state index contributed by atoms with van der Waals surface area (Å²) in [4.78, 5) is 2.49. The molecule has 2 nitrogen and oxygen atoms in total. The molecular weight excluding hydrogens is 340 g/mol. The number of benzene rings is 2. The van der Waals surface area contributed by atoms with E-state index in [1.54, 1.807) is 0 Å². The van der Waals surface area contributed by atoms with Gasteiger partial charge in [0.15, 0.2) is 0 Å². The minimum Gasteiger partial charge on any atom is -0.342 e. The zero-order valence-electron chi connectivity index (χ0n) is 15.3. The zero-order chi connectivity index (χ0) is 17.6. The van der Waals surface area contributed by atoms with Crippen molar-refractivity contribution in [1.29, 1.82) is 0 Å². The van der Waals surface area contributed by atoms with Crippen molar-refractivity contribution in [2.24, 2.45) is 17.8 Å². The Hall–Kier alpha value is -1.29. The quantitative estimate of drug-likeness (QED) is 0.631. The first-order valence-electron chi connectivity index (χ1n) is 9.91. The lowest BCUT2D eigenvalue weighted by molar-refractivity contribution is -0.277. The second-order valence-electron chi connectivity index (χ2n) is 8.11. The second kappa shape index (κ2) is 6.70. The molecule has 0 bridgehead atoms. The molecule has 1 saturated carbocycles. The predicted molar refractivity (Wildman–Crippen MR) is 104 cm³/mol. The molecule has 1 saturated heterocycles. The lowest BCUT2D eigenvalue weighted by Gasteiger charge is -2.46. The Bertz CT molecular complexity index is 739. The largest absolute Gasteiger partial charge is 0.342 e. The fourth-order valence-electron chi connectivity index (χ4n) is 4.80. The van der Waals surface area contributed by atoms with E-state index in [0.717, 1.165) is 25.0 Å². The molecule has 5 rings (SSSR count). The van der Waals surface area contributed by atoms with Gasteiger partial charge in [-0.05, 0) is 36.8 Å². The van der Waals surface area contributed by atoms with Gasteiger partial charge in [0.05, 0.1) is 13.2 Å². The van der Waals surface area contributed by atoms with Gasteiger partial charge in [-0.3, -0.25) is 0 Å². The van der Waals surface area contributed by atoms with Gasteiger partial charge in [-0.2, -0.15) is 0 Å². The summed E-state index contributed by atoms with van der Waals surface area (Å²) in [5, 5.41) is 0. The van der Waals surface area contributed by atoms with Crippen molar-refractivity contribution >= 4 is 11.8 Å². The van der Waals surface area contributed by atoms with Crippen LogP contribution in [-0.2, 0) is 15.3 Å². The standard InChI is InChI=1S/C23H26O2S/c1-16-10-12-17(13-11-16)18-14-24-23(25-15-18)19-6-2-4-8-21(19)26-22-9-5-3-7-20(22)23/h2-9,16-18H,10-15H2,1H3. The molecule has 1 spiro atoms. The predicted octanol–water partition coefficient (Wildman–Crippen LogP) is 5.84. The topological polar surface area (TPSA) is 18.5 Å². The molecular formula is C23H26O2S. The van der Waals surface area contributed by atoms with Crippen molar-refractivity contribution in [2.45, 2.75) is 48.2 Å². The molecule has 136 valence electrons. The summed E-state index contributed by atoms with van der Waals surface area (Å²) >= 11 is 1.82. The van der Waals surface area contributed by atoms with Crippen LogP contribution in [-0.4, -0.2) is 13.2 Å². The Morgan fingerprint density at radius 3 is 1.88 bits per heavy atom. The van der Waals surface area contributed by atoms with Crippen LogP contribution in [0.1, 0.15) is 43.7 Å². The first-order valence-corrected chi connectivity index (χ1v) is 10.7. The summed E-state index contributed by atoms with van der Waals surface area (Å²) in [7, 11) is 0. The van der Waals surface area contributed by atoms with Crippen LogP contribution in [0.15, 0.2) is 58.3 Å². The molecule has 2 aliphatic heterocycles. The Balaban J connectivity index is 1.45. The van der Waals surface area contributed by atoms with Gasteiger partial charge in [0.25, 0.3) is 0 Å². The van der Waals surface area contributed by atoms with E-state index in [-0.39, 0.29) is 0 Å². The van der Waals surface area contributed by atoms with Crippen molar-refractivity contribution in [3.05, 3.63) is 59.7 Å². The molecule has 0 aromatic heterocycles.